The molecule has 0 spiro atoms. The number of carboxylic acids is 1. The van der Waals surface area contributed by atoms with Gasteiger partial charge in [-0.15, -0.1) is 0 Å². The second-order valence-corrected chi connectivity index (χ2v) is 3.97. The van der Waals surface area contributed by atoms with Crippen LogP contribution >= 0.6 is 0 Å². The van der Waals surface area contributed by atoms with Crippen LogP contribution in [0.5, 0.6) is 0 Å². The van der Waals surface area contributed by atoms with Crippen LogP contribution in [-0.2, 0) is 17.8 Å². The summed E-state index contributed by atoms with van der Waals surface area (Å²) in [7, 11) is 0. The number of aliphatic carboxylic acids is 1. The predicted molar refractivity (Wildman–Crippen MR) is 61.5 cm³/mol. The Balaban J connectivity index is 2.59. The van der Waals surface area contributed by atoms with E-state index in [9.17, 15) is 4.79 Å². The topological polar surface area (TPSA) is 79.5 Å². The molecular formula is C11H19N3O3. The minimum atomic E-state index is -0.796. The number of nitrogens with zero attached hydrogens (tertiary/aromatic N) is 3. The van der Waals surface area contributed by atoms with Crippen molar-refractivity contribution in [3.63, 3.8) is 0 Å². The van der Waals surface area contributed by atoms with Crippen LogP contribution in [-0.4, -0.2) is 38.7 Å². The number of hydrogen-bond donors (Lipinski definition) is 1. The van der Waals surface area contributed by atoms with Crippen molar-refractivity contribution in [3.8, 4) is 0 Å². The fourth-order valence-electron chi connectivity index (χ4n) is 1.63. The average Bonchev–Trinajstić information content (AvgIpc) is 2.72. The molecule has 1 aromatic heterocycles. The molecule has 1 unspecified atom stereocenters. The van der Waals surface area contributed by atoms with Crippen LogP contribution in [0.2, 0.25) is 0 Å². The first-order valence-electron chi connectivity index (χ1n) is 5.84. The summed E-state index contributed by atoms with van der Waals surface area (Å²) in [6, 6.07) is -0.0468. The molecule has 96 valence electrons. The molecule has 0 aliphatic rings. The van der Waals surface area contributed by atoms with Crippen LogP contribution in [0.3, 0.4) is 0 Å². The molecule has 1 N–H and O–H groups in total. The van der Waals surface area contributed by atoms with E-state index < -0.39 is 5.97 Å². The van der Waals surface area contributed by atoms with Crippen molar-refractivity contribution in [1.29, 1.82) is 0 Å². The predicted octanol–water partition coefficient (Wildman–Crippen LogP) is 1.32. The van der Waals surface area contributed by atoms with Gasteiger partial charge in [0.25, 0.3) is 0 Å². The molecule has 1 rings (SSSR count). The van der Waals surface area contributed by atoms with E-state index in [2.05, 4.69) is 10.1 Å². The number of rotatable bonds is 7. The molecule has 0 saturated carbocycles. The first-order chi connectivity index (χ1) is 8.06. The van der Waals surface area contributed by atoms with E-state index in [1.54, 1.807) is 0 Å². The van der Waals surface area contributed by atoms with Crippen molar-refractivity contribution >= 4 is 5.97 Å². The van der Waals surface area contributed by atoms with E-state index in [1.165, 1.54) is 0 Å². The lowest BCUT2D eigenvalue weighted by Crippen LogP contribution is -2.34. The zero-order valence-corrected chi connectivity index (χ0v) is 10.5. The summed E-state index contributed by atoms with van der Waals surface area (Å²) in [5.41, 5.74) is 0. The molecule has 1 aromatic rings. The van der Waals surface area contributed by atoms with Crippen molar-refractivity contribution in [2.24, 2.45) is 0 Å². The van der Waals surface area contributed by atoms with E-state index in [4.69, 9.17) is 9.63 Å². The summed E-state index contributed by atoms with van der Waals surface area (Å²) < 4.78 is 5.09. The largest absolute Gasteiger partial charge is 0.481 e. The molecular weight excluding hydrogens is 222 g/mol. The number of aromatic nitrogens is 2. The SMILES string of the molecule is CCc1noc(CN(CC)C(C)CC(=O)O)n1. The first-order valence-corrected chi connectivity index (χ1v) is 5.84. The molecule has 1 atom stereocenters. The van der Waals surface area contributed by atoms with Crippen molar-refractivity contribution < 1.29 is 14.4 Å². The van der Waals surface area contributed by atoms with Gasteiger partial charge >= 0.3 is 5.97 Å². The Labute approximate surface area is 101 Å². The van der Waals surface area contributed by atoms with Crippen LogP contribution in [0.4, 0.5) is 0 Å². The lowest BCUT2D eigenvalue weighted by atomic mass is 10.2. The lowest BCUT2D eigenvalue weighted by Gasteiger charge is -2.24. The first kappa shape index (κ1) is 13.6. The zero-order chi connectivity index (χ0) is 12.8. The van der Waals surface area contributed by atoms with Crippen molar-refractivity contribution in [3.05, 3.63) is 11.7 Å². The Morgan fingerprint density at radius 2 is 2.24 bits per heavy atom. The highest BCUT2D eigenvalue weighted by Crippen LogP contribution is 2.09. The fraction of sp³-hybridized carbons (Fsp3) is 0.727. The molecule has 0 saturated heterocycles. The van der Waals surface area contributed by atoms with Gasteiger partial charge in [-0.3, -0.25) is 9.69 Å². The number of carboxylic acid groups (broad SMARTS) is 1. The molecule has 17 heavy (non-hydrogen) atoms. The summed E-state index contributed by atoms with van der Waals surface area (Å²) in [6.07, 6.45) is 0.850. The van der Waals surface area contributed by atoms with Crippen LogP contribution in [0.15, 0.2) is 4.52 Å². The quantitative estimate of drug-likeness (QED) is 0.775. The Kier molecular flexibility index (Phi) is 5.09. The molecule has 0 amide bonds. The highest BCUT2D eigenvalue weighted by Gasteiger charge is 2.18. The number of hydrogen-bond acceptors (Lipinski definition) is 5. The molecule has 0 aliphatic heterocycles. The fourth-order valence-corrected chi connectivity index (χ4v) is 1.63. The second-order valence-electron chi connectivity index (χ2n) is 3.97. The molecule has 0 bridgehead atoms. The third-order valence-corrected chi connectivity index (χ3v) is 2.66. The molecule has 0 aliphatic carbocycles. The van der Waals surface area contributed by atoms with Crippen LogP contribution < -0.4 is 0 Å². The summed E-state index contributed by atoms with van der Waals surface area (Å²) in [5, 5.41) is 12.6. The second kappa shape index (κ2) is 6.34. The van der Waals surface area contributed by atoms with Gasteiger partial charge in [-0.05, 0) is 13.5 Å². The highest BCUT2D eigenvalue weighted by atomic mass is 16.5. The summed E-state index contributed by atoms with van der Waals surface area (Å²) in [6.45, 7) is 7.07. The van der Waals surface area contributed by atoms with E-state index in [0.29, 0.717) is 18.3 Å². The molecule has 1 heterocycles. The molecule has 0 aromatic carbocycles. The molecule has 0 fully saturated rings. The maximum atomic E-state index is 10.7. The zero-order valence-electron chi connectivity index (χ0n) is 10.5. The van der Waals surface area contributed by atoms with Crippen molar-refractivity contribution in [2.45, 2.75) is 46.2 Å². The Hall–Kier alpha value is -1.43. The van der Waals surface area contributed by atoms with Gasteiger partial charge in [0.15, 0.2) is 5.82 Å². The number of carbonyl (C=O) groups is 1. The van der Waals surface area contributed by atoms with E-state index in [1.807, 2.05) is 25.7 Å². The summed E-state index contributed by atoms with van der Waals surface area (Å²) in [5.74, 6) is 0.429. The lowest BCUT2D eigenvalue weighted by molar-refractivity contribution is -0.138. The van der Waals surface area contributed by atoms with Crippen LogP contribution in [0.1, 0.15) is 38.9 Å². The smallest absolute Gasteiger partial charge is 0.304 e. The van der Waals surface area contributed by atoms with Crippen LogP contribution in [0.25, 0.3) is 0 Å². The van der Waals surface area contributed by atoms with E-state index in [-0.39, 0.29) is 12.5 Å². The number of aryl methyl sites for hydroxylation is 1. The van der Waals surface area contributed by atoms with Gasteiger partial charge in [-0.2, -0.15) is 4.98 Å². The molecule has 0 radical (unpaired) electrons. The Morgan fingerprint density at radius 1 is 1.53 bits per heavy atom. The Bertz CT molecular complexity index is 365. The average molecular weight is 241 g/mol. The highest BCUT2D eigenvalue weighted by molar-refractivity contribution is 5.67. The van der Waals surface area contributed by atoms with Gasteiger partial charge in [-0.1, -0.05) is 19.0 Å². The molecule has 6 heteroatoms. The third kappa shape index (κ3) is 4.14. The van der Waals surface area contributed by atoms with Gasteiger partial charge in [0.1, 0.15) is 0 Å². The van der Waals surface area contributed by atoms with Gasteiger partial charge in [0.2, 0.25) is 5.89 Å². The summed E-state index contributed by atoms with van der Waals surface area (Å²) in [4.78, 5) is 16.9. The van der Waals surface area contributed by atoms with Gasteiger partial charge in [0, 0.05) is 12.5 Å². The van der Waals surface area contributed by atoms with Crippen LogP contribution in [0, 0.1) is 0 Å². The third-order valence-electron chi connectivity index (χ3n) is 2.66. The van der Waals surface area contributed by atoms with E-state index in [0.717, 1.165) is 13.0 Å². The van der Waals surface area contributed by atoms with Gasteiger partial charge in [0.05, 0.1) is 13.0 Å². The van der Waals surface area contributed by atoms with Gasteiger partial charge in [-0.25, -0.2) is 0 Å². The maximum Gasteiger partial charge on any atom is 0.304 e. The standard InChI is InChI=1S/C11H19N3O3/c1-4-9-12-10(17-13-9)7-14(5-2)8(3)6-11(15)16/h8H,4-7H2,1-3H3,(H,15,16). The van der Waals surface area contributed by atoms with Gasteiger partial charge < -0.3 is 9.63 Å². The van der Waals surface area contributed by atoms with Crippen molar-refractivity contribution in [1.82, 2.24) is 15.0 Å². The summed E-state index contributed by atoms with van der Waals surface area (Å²) >= 11 is 0. The van der Waals surface area contributed by atoms with E-state index >= 15 is 0 Å². The normalized spacial score (nSPS) is 12.9. The Morgan fingerprint density at radius 3 is 2.71 bits per heavy atom. The maximum absolute atomic E-state index is 10.7. The minimum Gasteiger partial charge on any atom is -0.481 e. The molecule has 6 nitrogen and oxygen atoms in total. The minimum absolute atomic E-state index is 0.0468. The van der Waals surface area contributed by atoms with Crippen molar-refractivity contribution in [2.75, 3.05) is 6.54 Å². The monoisotopic (exact) mass is 241 g/mol.